The van der Waals surface area contributed by atoms with E-state index in [1.165, 1.54) is 0 Å². The number of carbonyl (C=O) groups excluding carboxylic acids is 1. The standard InChI is InChI=1S/C11H21BrN2O/c1-4-10(12)11(15)14-7-5-6-9(14)8-13(2)3/h9-10H,4-8H2,1-3H3. The van der Waals surface area contributed by atoms with Gasteiger partial charge in [0, 0.05) is 19.1 Å². The fourth-order valence-electron chi connectivity index (χ4n) is 2.09. The lowest BCUT2D eigenvalue weighted by molar-refractivity contribution is -0.131. The van der Waals surface area contributed by atoms with Gasteiger partial charge in [-0.05, 0) is 33.4 Å². The molecule has 0 saturated carbocycles. The molecule has 0 aromatic carbocycles. The minimum Gasteiger partial charge on any atom is -0.337 e. The maximum Gasteiger partial charge on any atom is 0.236 e. The topological polar surface area (TPSA) is 23.6 Å². The van der Waals surface area contributed by atoms with E-state index in [-0.39, 0.29) is 10.7 Å². The van der Waals surface area contributed by atoms with Crippen LogP contribution in [-0.4, -0.2) is 53.8 Å². The molecule has 1 aliphatic heterocycles. The van der Waals surface area contributed by atoms with E-state index in [1.54, 1.807) is 0 Å². The van der Waals surface area contributed by atoms with Crippen molar-refractivity contribution in [2.75, 3.05) is 27.2 Å². The zero-order valence-electron chi connectivity index (χ0n) is 9.87. The summed E-state index contributed by atoms with van der Waals surface area (Å²) in [7, 11) is 4.12. The second-order valence-corrected chi connectivity index (χ2v) is 5.57. The second-order valence-electron chi connectivity index (χ2n) is 4.47. The zero-order valence-corrected chi connectivity index (χ0v) is 11.5. The SMILES string of the molecule is CCC(Br)C(=O)N1CCCC1CN(C)C. The first-order valence-electron chi connectivity index (χ1n) is 5.65. The van der Waals surface area contributed by atoms with Crippen molar-refractivity contribution in [3.63, 3.8) is 0 Å². The summed E-state index contributed by atoms with van der Waals surface area (Å²) in [5, 5.41) is 0. The van der Waals surface area contributed by atoms with Crippen LogP contribution in [0.4, 0.5) is 0 Å². The van der Waals surface area contributed by atoms with Crippen LogP contribution in [-0.2, 0) is 4.79 Å². The van der Waals surface area contributed by atoms with Gasteiger partial charge in [-0.15, -0.1) is 0 Å². The van der Waals surface area contributed by atoms with Crippen LogP contribution in [0.5, 0.6) is 0 Å². The number of likely N-dealkylation sites (tertiary alicyclic amines) is 1. The van der Waals surface area contributed by atoms with Gasteiger partial charge in [-0.1, -0.05) is 22.9 Å². The maximum absolute atomic E-state index is 12.0. The average molecular weight is 277 g/mol. The number of hydrogen-bond donors (Lipinski definition) is 0. The van der Waals surface area contributed by atoms with Gasteiger partial charge in [-0.2, -0.15) is 0 Å². The maximum atomic E-state index is 12.0. The van der Waals surface area contributed by atoms with Crippen molar-refractivity contribution in [1.82, 2.24) is 9.80 Å². The summed E-state index contributed by atoms with van der Waals surface area (Å²) < 4.78 is 0. The summed E-state index contributed by atoms with van der Waals surface area (Å²) in [4.78, 5) is 16.2. The molecule has 0 radical (unpaired) electrons. The number of rotatable bonds is 4. The quantitative estimate of drug-likeness (QED) is 0.730. The number of amides is 1. The molecule has 0 spiro atoms. The Hall–Kier alpha value is -0.0900. The van der Waals surface area contributed by atoms with Crippen LogP contribution in [0.1, 0.15) is 26.2 Å². The molecule has 88 valence electrons. The summed E-state index contributed by atoms with van der Waals surface area (Å²) >= 11 is 3.44. The summed E-state index contributed by atoms with van der Waals surface area (Å²) in [6.07, 6.45) is 3.16. The van der Waals surface area contributed by atoms with Crippen molar-refractivity contribution in [3.8, 4) is 0 Å². The zero-order chi connectivity index (χ0) is 11.4. The first kappa shape index (κ1) is 13.0. The Bertz CT molecular complexity index is 221. The van der Waals surface area contributed by atoms with E-state index in [1.807, 2.05) is 11.8 Å². The van der Waals surface area contributed by atoms with E-state index in [4.69, 9.17) is 0 Å². The van der Waals surface area contributed by atoms with Crippen LogP contribution in [0.25, 0.3) is 0 Å². The molecule has 2 unspecified atom stereocenters. The van der Waals surface area contributed by atoms with E-state index in [2.05, 4.69) is 34.9 Å². The Morgan fingerprint density at radius 2 is 2.27 bits per heavy atom. The third-order valence-corrected chi connectivity index (χ3v) is 3.90. The van der Waals surface area contributed by atoms with Gasteiger partial charge in [-0.3, -0.25) is 4.79 Å². The molecule has 1 rings (SSSR count). The van der Waals surface area contributed by atoms with Crippen molar-refractivity contribution in [1.29, 1.82) is 0 Å². The van der Waals surface area contributed by atoms with Gasteiger partial charge in [0.1, 0.15) is 0 Å². The van der Waals surface area contributed by atoms with Crippen LogP contribution in [0, 0.1) is 0 Å². The molecule has 2 atom stereocenters. The Morgan fingerprint density at radius 1 is 1.60 bits per heavy atom. The third kappa shape index (κ3) is 3.45. The van der Waals surface area contributed by atoms with Gasteiger partial charge >= 0.3 is 0 Å². The fraction of sp³-hybridized carbons (Fsp3) is 0.909. The van der Waals surface area contributed by atoms with E-state index in [0.717, 1.165) is 32.4 Å². The van der Waals surface area contributed by atoms with Gasteiger partial charge in [0.15, 0.2) is 0 Å². The highest BCUT2D eigenvalue weighted by molar-refractivity contribution is 9.10. The molecule has 4 heteroatoms. The van der Waals surface area contributed by atoms with Gasteiger partial charge in [0.05, 0.1) is 4.83 Å². The highest BCUT2D eigenvalue weighted by Gasteiger charge is 2.31. The second kappa shape index (κ2) is 5.85. The highest BCUT2D eigenvalue weighted by atomic mass is 79.9. The lowest BCUT2D eigenvalue weighted by Crippen LogP contribution is -2.44. The number of halogens is 1. The molecule has 1 heterocycles. The Balaban J connectivity index is 2.55. The predicted octanol–water partition coefficient (Wildman–Crippen LogP) is 1.71. The molecule has 0 bridgehead atoms. The fourth-order valence-corrected chi connectivity index (χ4v) is 2.35. The number of alkyl halides is 1. The third-order valence-electron chi connectivity index (χ3n) is 2.86. The molecule has 1 fully saturated rings. The molecule has 0 N–H and O–H groups in total. The minimum absolute atomic E-state index is 0.000243. The Labute approximate surface area is 101 Å². The lowest BCUT2D eigenvalue weighted by atomic mass is 10.2. The van der Waals surface area contributed by atoms with Gasteiger partial charge in [0.2, 0.25) is 5.91 Å². The summed E-state index contributed by atoms with van der Waals surface area (Å²) in [6.45, 7) is 3.95. The van der Waals surface area contributed by atoms with Crippen molar-refractivity contribution >= 4 is 21.8 Å². The molecule has 1 amide bonds. The van der Waals surface area contributed by atoms with Gasteiger partial charge < -0.3 is 9.80 Å². The van der Waals surface area contributed by atoms with Crippen LogP contribution in [0.3, 0.4) is 0 Å². The van der Waals surface area contributed by atoms with Crippen LogP contribution >= 0.6 is 15.9 Å². The smallest absolute Gasteiger partial charge is 0.236 e. The van der Waals surface area contributed by atoms with Crippen LogP contribution in [0.15, 0.2) is 0 Å². The van der Waals surface area contributed by atoms with E-state index in [0.29, 0.717) is 6.04 Å². The number of likely N-dealkylation sites (N-methyl/N-ethyl adjacent to an activating group) is 1. The van der Waals surface area contributed by atoms with E-state index >= 15 is 0 Å². The molecule has 1 aliphatic rings. The highest BCUT2D eigenvalue weighted by Crippen LogP contribution is 2.21. The minimum atomic E-state index is 0.000243. The summed E-state index contributed by atoms with van der Waals surface area (Å²) in [5.41, 5.74) is 0. The van der Waals surface area contributed by atoms with E-state index < -0.39 is 0 Å². The molecule has 0 aromatic heterocycles. The van der Waals surface area contributed by atoms with E-state index in [9.17, 15) is 4.79 Å². The van der Waals surface area contributed by atoms with Crippen molar-refractivity contribution in [2.45, 2.75) is 37.1 Å². The van der Waals surface area contributed by atoms with Crippen LogP contribution < -0.4 is 0 Å². The van der Waals surface area contributed by atoms with Gasteiger partial charge in [-0.25, -0.2) is 0 Å². The lowest BCUT2D eigenvalue weighted by Gasteiger charge is -2.28. The van der Waals surface area contributed by atoms with Gasteiger partial charge in [0.25, 0.3) is 0 Å². The molecular formula is C11H21BrN2O. The first-order valence-corrected chi connectivity index (χ1v) is 6.57. The molecular weight excluding hydrogens is 256 g/mol. The monoisotopic (exact) mass is 276 g/mol. The molecule has 3 nitrogen and oxygen atoms in total. The molecule has 0 aromatic rings. The number of carbonyl (C=O) groups is 1. The Morgan fingerprint density at radius 3 is 2.80 bits per heavy atom. The normalized spacial score (nSPS) is 23.5. The average Bonchev–Trinajstić information content (AvgIpc) is 2.62. The molecule has 15 heavy (non-hydrogen) atoms. The summed E-state index contributed by atoms with van der Waals surface area (Å²) in [5.74, 6) is 0.266. The van der Waals surface area contributed by atoms with Crippen molar-refractivity contribution < 1.29 is 4.79 Å². The molecule has 0 aliphatic carbocycles. The first-order chi connectivity index (χ1) is 7.06. The van der Waals surface area contributed by atoms with Crippen molar-refractivity contribution in [2.24, 2.45) is 0 Å². The number of nitrogens with zero attached hydrogens (tertiary/aromatic N) is 2. The summed E-state index contributed by atoms with van der Waals surface area (Å²) in [6, 6.07) is 0.416. The van der Waals surface area contributed by atoms with Crippen molar-refractivity contribution in [3.05, 3.63) is 0 Å². The van der Waals surface area contributed by atoms with Crippen LogP contribution in [0.2, 0.25) is 0 Å². The molecule has 1 saturated heterocycles. The Kier molecular flexibility index (Phi) is 5.06. The predicted molar refractivity (Wildman–Crippen MR) is 66.3 cm³/mol. The number of hydrogen-bond acceptors (Lipinski definition) is 2. The largest absolute Gasteiger partial charge is 0.337 e.